The molecule has 150 valence electrons. The van der Waals surface area contributed by atoms with E-state index >= 15 is 0 Å². The lowest BCUT2D eigenvalue weighted by molar-refractivity contribution is 1.25. The fraction of sp³-hybridized carbons (Fsp3) is 0.0968. The molecule has 0 saturated carbocycles. The fourth-order valence-corrected chi connectivity index (χ4v) is 4.49. The molecule has 5 rings (SSSR count). The van der Waals surface area contributed by atoms with Gasteiger partial charge < -0.3 is 0 Å². The third-order valence-corrected chi connectivity index (χ3v) is 6.23. The highest BCUT2D eigenvalue weighted by Gasteiger charge is 2.09. The average Bonchev–Trinajstić information content (AvgIpc) is 2.84. The molecular weight excluding hydrogens is 372 g/mol. The lowest BCUT2D eigenvalue weighted by Crippen LogP contribution is -1.89. The Hall–Kier alpha value is -3.64. The van der Waals surface area contributed by atoms with Gasteiger partial charge in [0.1, 0.15) is 0 Å². The van der Waals surface area contributed by atoms with Gasteiger partial charge in [-0.3, -0.25) is 0 Å². The second-order valence-corrected chi connectivity index (χ2v) is 8.15. The van der Waals surface area contributed by atoms with E-state index in [1.165, 1.54) is 54.9 Å². The molecule has 31 heavy (non-hydrogen) atoms. The van der Waals surface area contributed by atoms with E-state index in [1.54, 1.807) is 0 Å². The summed E-state index contributed by atoms with van der Waals surface area (Å²) in [6.45, 7) is 4.45. The Morgan fingerprint density at radius 3 is 2.06 bits per heavy atom. The SMILES string of the molecule is CCC(=Cc1c(C)ccc2c1ccc1ccc(-c3ccccc3)cc12)c1ccccc1. The van der Waals surface area contributed by atoms with Crippen LogP contribution in [-0.4, -0.2) is 0 Å². The van der Waals surface area contributed by atoms with E-state index in [0.717, 1.165) is 6.42 Å². The molecule has 0 spiro atoms. The Labute approximate surface area is 184 Å². The van der Waals surface area contributed by atoms with E-state index in [-0.39, 0.29) is 0 Å². The van der Waals surface area contributed by atoms with Crippen molar-refractivity contribution in [2.75, 3.05) is 0 Å². The van der Waals surface area contributed by atoms with Crippen molar-refractivity contribution in [1.29, 1.82) is 0 Å². The molecule has 0 aliphatic rings. The fourth-order valence-electron chi connectivity index (χ4n) is 4.49. The van der Waals surface area contributed by atoms with Crippen molar-refractivity contribution in [3.8, 4) is 11.1 Å². The minimum absolute atomic E-state index is 1.01. The van der Waals surface area contributed by atoms with E-state index < -0.39 is 0 Å². The molecule has 0 unspecified atom stereocenters. The summed E-state index contributed by atoms with van der Waals surface area (Å²) in [5, 5.41) is 5.23. The second kappa shape index (κ2) is 8.24. The van der Waals surface area contributed by atoms with Crippen LogP contribution in [0.5, 0.6) is 0 Å². The number of allylic oxidation sites excluding steroid dienone is 1. The van der Waals surface area contributed by atoms with Gasteiger partial charge in [-0.05, 0) is 74.3 Å². The molecule has 0 bridgehead atoms. The number of benzene rings is 5. The lowest BCUT2D eigenvalue weighted by atomic mass is 9.91. The highest BCUT2D eigenvalue weighted by Crippen LogP contribution is 2.34. The standard InChI is InChI=1S/C31H26/c1-3-23(24-10-6-4-7-11-24)20-30-22(2)14-18-29-28(30)19-17-26-15-16-27(21-31(26)29)25-12-8-5-9-13-25/h4-21H,3H2,1-2H3. The quantitative estimate of drug-likeness (QED) is 0.209. The second-order valence-electron chi connectivity index (χ2n) is 8.15. The van der Waals surface area contributed by atoms with E-state index in [4.69, 9.17) is 0 Å². The summed E-state index contributed by atoms with van der Waals surface area (Å²) in [7, 11) is 0. The zero-order valence-electron chi connectivity index (χ0n) is 18.1. The van der Waals surface area contributed by atoms with E-state index in [0.29, 0.717) is 0 Å². The van der Waals surface area contributed by atoms with Gasteiger partial charge in [0.2, 0.25) is 0 Å². The number of hydrogen-bond donors (Lipinski definition) is 0. The van der Waals surface area contributed by atoms with Gasteiger partial charge in [0.05, 0.1) is 0 Å². The van der Waals surface area contributed by atoms with Crippen molar-refractivity contribution in [2.24, 2.45) is 0 Å². The minimum Gasteiger partial charge on any atom is -0.0622 e. The van der Waals surface area contributed by atoms with Crippen LogP contribution >= 0.6 is 0 Å². The molecular formula is C31H26. The first-order valence-corrected chi connectivity index (χ1v) is 11.0. The molecule has 0 aliphatic heterocycles. The Kier molecular flexibility index (Phi) is 5.14. The van der Waals surface area contributed by atoms with Crippen LogP contribution in [0.2, 0.25) is 0 Å². The van der Waals surface area contributed by atoms with Gasteiger partial charge in [-0.15, -0.1) is 0 Å². The first-order chi connectivity index (χ1) is 15.2. The normalized spacial score (nSPS) is 11.9. The summed E-state index contributed by atoms with van der Waals surface area (Å²) in [5.41, 5.74) is 7.82. The van der Waals surface area contributed by atoms with Crippen LogP contribution in [0, 0.1) is 6.92 Å². The molecule has 0 nitrogen and oxygen atoms in total. The molecule has 0 aliphatic carbocycles. The molecule has 0 aromatic heterocycles. The van der Waals surface area contributed by atoms with E-state index in [9.17, 15) is 0 Å². The molecule has 0 fully saturated rings. The zero-order chi connectivity index (χ0) is 21.2. The van der Waals surface area contributed by atoms with Gasteiger partial charge in [0, 0.05) is 0 Å². The maximum absolute atomic E-state index is 2.39. The van der Waals surface area contributed by atoms with Gasteiger partial charge in [-0.1, -0.05) is 110 Å². The molecule has 0 atom stereocenters. The maximum atomic E-state index is 2.39. The summed E-state index contributed by atoms with van der Waals surface area (Å²) >= 11 is 0. The predicted molar refractivity (Wildman–Crippen MR) is 136 cm³/mol. The number of fused-ring (bicyclic) bond motifs is 3. The van der Waals surface area contributed by atoms with Gasteiger partial charge in [-0.25, -0.2) is 0 Å². The van der Waals surface area contributed by atoms with Crippen LogP contribution in [0.15, 0.2) is 103 Å². The molecule has 0 heterocycles. The van der Waals surface area contributed by atoms with Crippen molar-refractivity contribution in [3.63, 3.8) is 0 Å². The van der Waals surface area contributed by atoms with Gasteiger partial charge in [0.15, 0.2) is 0 Å². The van der Waals surface area contributed by atoms with Crippen molar-refractivity contribution < 1.29 is 0 Å². The molecule has 0 N–H and O–H groups in total. The Morgan fingerprint density at radius 2 is 1.32 bits per heavy atom. The Bertz CT molecular complexity index is 1390. The summed E-state index contributed by atoms with van der Waals surface area (Å²) in [4.78, 5) is 0. The van der Waals surface area contributed by atoms with Crippen molar-refractivity contribution in [1.82, 2.24) is 0 Å². The maximum Gasteiger partial charge on any atom is -0.00990 e. The smallest absolute Gasteiger partial charge is 0.00990 e. The minimum atomic E-state index is 1.01. The van der Waals surface area contributed by atoms with Crippen LogP contribution in [-0.2, 0) is 0 Å². The van der Waals surface area contributed by atoms with E-state index in [2.05, 4.69) is 123 Å². The van der Waals surface area contributed by atoms with Gasteiger partial charge >= 0.3 is 0 Å². The summed E-state index contributed by atoms with van der Waals surface area (Å²) in [5.74, 6) is 0. The predicted octanol–water partition coefficient (Wildman–Crippen LogP) is 8.92. The topological polar surface area (TPSA) is 0 Å². The third-order valence-electron chi connectivity index (χ3n) is 6.23. The Morgan fingerprint density at radius 1 is 0.645 bits per heavy atom. The van der Waals surface area contributed by atoms with Crippen LogP contribution in [0.25, 0.3) is 44.3 Å². The first-order valence-electron chi connectivity index (χ1n) is 11.0. The zero-order valence-corrected chi connectivity index (χ0v) is 18.1. The van der Waals surface area contributed by atoms with E-state index in [1.807, 2.05) is 0 Å². The largest absolute Gasteiger partial charge is 0.0622 e. The number of hydrogen-bond acceptors (Lipinski definition) is 0. The van der Waals surface area contributed by atoms with Crippen molar-refractivity contribution in [2.45, 2.75) is 20.3 Å². The highest BCUT2D eigenvalue weighted by molar-refractivity contribution is 6.12. The van der Waals surface area contributed by atoms with Crippen LogP contribution in [0.4, 0.5) is 0 Å². The molecule has 0 amide bonds. The van der Waals surface area contributed by atoms with Crippen molar-refractivity contribution >= 4 is 33.2 Å². The summed E-state index contributed by atoms with van der Waals surface area (Å²) in [6, 6.07) is 37.3. The van der Waals surface area contributed by atoms with Crippen LogP contribution in [0.3, 0.4) is 0 Å². The molecule has 0 saturated heterocycles. The third kappa shape index (κ3) is 3.66. The van der Waals surface area contributed by atoms with Gasteiger partial charge in [-0.2, -0.15) is 0 Å². The summed E-state index contributed by atoms with van der Waals surface area (Å²) < 4.78 is 0. The molecule has 5 aromatic rings. The molecule has 5 aromatic carbocycles. The number of rotatable bonds is 4. The number of aryl methyl sites for hydroxylation is 1. The average molecular weight is 399 g/mol. The van der Waals surface area contributed by atoms with Crippen molar-refractivity contribution in [3.05, 3.63) is 120 Å². The highest BCUT2D eigenvalue weighted by atomic mass is 14.1. The molecule has 0 radical (unpaired) electrons. The lowest BCUT2D eigenvalue weighted by Gasteiger charge is -2.13. The Balaban J connectivity index is 1.74. The van der Waals surface area contributed by atoms with Crippen LogP contribution < -0.4 is 0 Å². The summed E-state index contributed by atoms with van der Waals surface area (Å²) in [6.07, 6.45) is 3.39. The molecule has 0 heteroatoms. The monoisotopic (exact) mass is 398 g/mol. The first kappa shape index (κ1) is 19.3. The van der Waals surface area contributed by atoms with Crippen LogP contribution in [0.1, 0.15) is 30.0 Å². The van der Waals surface area contributed by atoms with Gasteiger partial charge in [0.25, 0.3) is 0 Å².